The SMILES string of the molecule is COC(=O)c1ccc(CN2C[C@@H](C)N(CC(C)(C)O)[C@@H](C)C2)cc1. The third kappa shape index (κ3) is 5.03. The normalized spacial score (nSPS) is 23.2. The molecular weight excluding hydrogens is 304 g/mol. The highest BCUT2D eigenvalue weighted by atomic mass is 16.5. The minimum atomic E-state index is -0.672. The van der Waals surface area contributed by atoms with E-state index in [1.165, 1.54) is 12.7 Å². The third-order valence-electron chi connectivity index (χ3n) is 4.53. The van der Waals surface area contributed by atoms with Gasteiger partial charge in [-0.05, 0) is 45.4 Å². The van der Waals surface area contributed by atoms with Crippen molar-refractivity contribution in [3.63, 3.8) is 0 Å². The van der Waals surface area contributed by atoms with Gasteiger partial charge in [0, 0.05) is 38.3 Å². The Bertz CT molecular complexity index is 539. The minimum Gasteiger partial charge on any atom is -0.465 e. The summed E-state index contributed by atoms with van der Waals surface area (Å²) in [7, 11) is 1.40. The van der Waals surface area contributed by atoms with Crippen LogP contribution in [0.3, 0.4) is 0 Å². The van der Waals surface area contributed by atoms with E-state index in [9.17, 15) is 9.90 Å². The van der Waals surface area contributed by atoms with Gasteiger partial charge in [-0.1, -0.05) is 12.1 Å². The largest absolute Gasteiger partial charge is 0.465 e. The third-order valence-corrected chi connectivity index (χ3v) is 4.53. The average Bonchev–Trinajstić information content (AvgIpc) is 2.50. The van der Waals surface area contributed by atoms with E-state index in [1.54, 1.807) is 0 Å². The van der Waals surface area contributed by atoms with E-state index < -0.39 is 5.60 Å². The number of aliphatic hydroxyl groups is 1. The van der Waals surface area contributed by atoms with Crippen LogP contribution in [0.1, 0.15) is 43.6 Å². The molecule has 0 aromatic heterocycles. The van der Waals surface area contributed by atoms with Crippen molar-refractivity contribution in [3.05, 3.63) is 35.4 Å². The highest BCUT2D eigenvalue weighted by Crippen LogP contribution is 2.20. The summed E-state index contributed by atoms with van der Waals surface area (Å²) in [6, 6.07) is 8.41. The average molecular weight is 334 g/mol. The van der Waals surface area contributed by atoms with Gasteiger partial charge >= 0.3 is 5.97 Å². The van der Waals surface area contributed by atoms with Crippen LogP contribution in [0.15, 0.2) is 24.3 Å². The molecule has 24 heavy (non-hydrogen) atoms. The molecule has 1 N–H and O–H groups in total. The molecule has 1 heterocycles. The molecule has 1 aromatic carbocycles. The number of methoxy groups -OCH3 is 1. The Labute approximate surface area is 145 Å². The first-order valence-corrected chi connectivity index (χ1v) is 8.57. The van der Waals surface area contributed by atoms with Crippen molar-refractivity contribution in [3.8, 4) is 0 Å². The van der Waals surface area contributed by atoms with Crippen LogP contribution in [0.25, 0.3) is 0 Å². The Kier molecular flexibility index (Phi) is 6.01. The van der Waals surface area contributed by atoms with Crippen LogP contribution in [0.4, 0.5) is 0 Å². The summed E-state index contributed by atoms with van der Waals surface area (Å²) in [6.45, 7) is 11.7. The molecule has 0 radical (unpaired) electrons. The Hall–Kier alpha value is -1.43. The second kappa shape index (κ2) is 7.64. The summed E-state index contributed by atoms with van der Waals surface area (Å²) >= 11 is 0. The van der Waals surface area contributed by atoms with E-state index in [1.807, 2.05) is 38.1 Å². The van der Waals surface area contributed by atoms with Crippen LogP contribution < -0.4 is 0 Å². The minimum absolute atomic E-state index is 0.302. The molecule has 5 heteroatoms. The first kappa shape index (κ1) is 18.9. The van der Waals surface area contributed by atoms with Crippen molar-refractivity contribution in [2.45, 2.75) is 51.9 Å². The van der Waals surface area contributed by atoms with Crippen LogP contribution in [0.5, 0.6) is 0 Å². The quantitative estimate of drug-likeness (QED) is 0.836. The summed E-state index contributed by atoms with van der Waals surface area (Å²) < 4.78 is 4.73. The number of esters is 1. The van der Waals surface area contributed by atoms with Gasteiger partial charge in [-0.15, -0.1) is 0 Å². The van der Waals surface area contributed by atoms with Crippen molar-refractivity contribution >= 4 is 5.97 Å². The topological polar surface area (TPSA) is 53.0 Å². The van der Waals surface area contributed by atoms with Gasteiger partial charge in [0.15, 0.2) is 0 Å². The Morgan fingerprint density at radius 1 is 1.21 bits per heavy atom. The van der Waals surface area contributed by atoms with E-state index in [4.69, 9.17) is 4.74 Å². The molecule has 0 bridgehead atoms. The van der Waals surface area contributed by atoms with Crippen LogP contribution >= 0.6 is 0 Å². The van der Waals surface area contributed by atoms with Crippen molar-refractivity contribution < 1.29 is 14.6 Å². The van der Waals surface area contributed by atoms with E-state index >= 15 is 0 Å². The number of carbonyl (C=O) groups excluding carboxylic acids is 1. The van der Waals surface area contributed by atoms with Crippen LogP contribution in [0, 0.1) is 0 Å². The van der Waals surface area contributed by atoms with E-state index in [-0.39, 0.29) is 5.97 Å². The van der Waals surface area contributed by atoms with Crippen molar-refractivity contribution in [1.82, 2.24) is 9.80 Å². The van der Waals surface area contributed by atoms with Crippen molar-refractivity contribution in [2.24, 2.45) is 0 Å². The lowest BCUT2D eigenvalue weighted by Gasteiger charge is -2.46. The zero-order valence-electron chi connectivity index (χ0n) is 15.5. The molecule has 0 saturated carbocycles. The lowest BCUT2D eigenvalue weighted by molar-refractivity contribution is -0.0300. The molecule has 5 nitrogen and oxygen atoms in total. The molecule has 1 aliphatic heterocycles. The fraction of sp³-hybridized carbons (Fsp3) is 0.632. The van der Waals surface area contributed by atoms with Crippen molar-refractivity contribution in [2.75, 3.05) is 26.7 Å². The Morgan fingerprint density at radius 3 is 2.21 bits per heavy atom. The fourth-order valence-electron chi connectivity index (χ4n) is 3.48. The van der Waals surface area contributed by atoms with Gasteiger partial charge in [-0.3, -0.25) is 9.80 Å². The highest BCUT2D eigenvalue weighted by molar-refractivity contribution is 5.89. The summed E-state index contributed by atoms with van der Waals surface area (Å²) in [6.07, 6.45) is 0. The molecule has 0 aliphatic carbocycles. The maximum Gasteiger partial charge on any atom is 0.337 e. The predicted molar refractivity (Wildman–Crippen MR) is 95.0 cm³/mol. The lowest BCUT2D eigenvalue weighted by atomic mass is 10.0. The summed E-state index contributed by atoms with van der Waals surface area (Å²) in [5, 5.41) is 10.1. The first-order valence-electron chi connectivity index (χ1n) is 8.57. The number of rotatable bonds is 5. The number of hydrogen-bond donors (Lipinski definition) is 1. The number of nitrogens with zero attached hydrogens (tertiary/aromatic N) is 2. The smallest absolute Gasteiger partial charge is 0.337 e. The van der Waals surface area contributed by atoms with Crippen LogP contribution in [-0.4, -0.2) is 65.3 Å². The molecule has 2 atom stereocenters. The first-order chi connectivity index (χ1) is 11.2. The molecule has 0 spiro atoms. The second-order valence-corrected chi connectivity index (χ2v) is 7.57. The molecule has 1 aliphatic rings. The zero-order chi connectivity index (χ0) is 17.9. The van der Waals surface area contributed by atoms with Gasteiger partial charge in [-0.25, -0.2) is 4.79 Å². The molecule has 0 amide bonds. The van der Waals surface area contributed by atoms with Crippen molar-refractivity contribution in [1.29, 1.82) is 0 Å². The summed E-state index contributed by atoms with van der Waals surface area (Å²) in [4.78, 5) is 16.3. The van der Waals surface area contributed by atoms with E-state index in [0.29, 0.717) is 24.2 Å². The molecule has 134 valence electrons. The number of carbonyl (C=O) groups is 1. The van der Waals surface area contributed by atoms with E-state index in [2.05, 4.69) is 23.6 Å². The number of ether oxygens (including phenoxy) is 1. The summed E-state index contributed by atoms with van der Waals surface area (Å²) in [5.41, 5.74) is 1.10. The van der Waals surface area contributed by atoms with Gasteiger partial charge in [0.25, 0.3) is 0 Å². The van der Waals surface area contributed by atoms with Crippen LogP contribution in [0.2, 0.25) is 0 Å². The van der Waals surface area contributed by atoms with Gasteiger partial charge in [0.1, 0.15) is 0 Å². The van der Waals surface area contributed by atoms with E-state index in [0.717, 1.165) is 19.6 Å². The number of β-amino-alcohol motifs (C(OH)–C–C–N with tert-alkyl or cyclic N) is 1. The van der Waals surface area contributed by atoms with Gasteiger partial charge in [0.2, 0.25) is 0 Å². The number of benzene rings is 1. The molecule has 0 unspecified atom stereocenters. The lowest BCUT2D eigenvalue weighted by Crippen LogP contribution is -2.59. The maximum absolute atomic E-state index is 11.5. The highest BCUT2D eigenvalue weighted by Gasteiger charge is 2.32. The molecular formula is C19H30N2O3. The monoisotopic (exact) mass is 334 g/mol. The molecule has 1 fully saturated rings. The number of piperazine rings is 1. The maximum atomic E-state index is 11.5. The molecule has 2 rings (SSSR count). The zero-order valence-corrected chi connectivity index (χ0v) is 15.5. The van der Waals surface area contributed by atoms with Gasteiger partial charge in [0.05, 0.1) is 18.3 Å². The molecule has 1 saturated heterocycles. The standard InChI is InChI=1S/C19H30N2O3/c1-14-10-20(11-15(2)21(14)13-19(3,4)23)12-16-6-8-17(9-7-16)18(22)24-5/h6-9,14-15,23H,10-13H2,1-5H3/t14-,15+. The Morgan fingerprint density at radius 2 is 1.75 bits per heavy atom. The van der Waals surface area contributed by atoms with Crippen LogP contribution in [-0.2, 0) is 11.3 Å². The fourth-order valence-corrected chi connectivity index (χ4v) is 3.48. The summed E-state index contributed by atoms with van der Waals surface area (Å²) in [5.74, 6) is -0.302. The number of hydrogen-bond acceptors (Lipinski definition) is 5. The van der Waals surface area contributed by atoms with Gasteiger partial charge in [-0.2, -0.15) is 0 Å². The predicted octanol–water partition coefficient (Wildman–Crippen LogP) is 2.14. The van der Waals surface area contributed by atoms with Gasteiger partial charge < -0.3 is 9.84 Å². The second-order valence-electron chi connectivity index (χ2n) is 7.57. The Balaban J connectivity index is 1.96. The molecule has 1 aromatic rings.